The summed E-state index contributed by atoms with van der Waals surface area (Å²) in [6, 6.07) is 0. The Morgan fingerprint density at radius 2 is 2.00 bits per heavy atom. The van der Waals surface area contributed by atoms with E-state index in [1.165, 1.54) is 6.32 Å². The average molecular weight is 67.7 g/mol. The molecule has 0 aromatic heterocycles. The molecule has 0 N–H and O–H groups in total. The van der Waals surface area contributed by atoms with Gasteiger partial charge in [-0.2, -0.15) is 0 Å². The van der Waals surface area contributed by atoms with Crippen LogP contribution in [0.3, 0.4) is 0 Å². The Hall–Kier alpha value is 0.130. The zero-order chi connectivity index (χ0) is 4.28. The average Bonchev–Trinajstić information content (AvgIpc) is 1.38. The van der Waals surface area contributed by atoms with Gasteiger partial charge >= 0.3 is 0 Å². The molecule has 0 saturated heterocycles. The third-order valence-corrected chi connectivity index (χ3v) is 0.816. The van der Waals surface area contributed by atoms with Crippen molar-refractivity contribution in [3.63, 3.8) is 0 Å². The minimum Gasteiger partial charge on any atom is -0.0855 e. The van der Waals surface area contributed by atoms with E-state index in [1.807, 2.05) is 0 Å². The summed E-state index contributed by atoms with van der Waals surface area (Å²) in [6.45, 7) is 2.22. The molecular formula is C3H10B2. The zero-order valence-electron chi connectivity index (χ0n) is 4.28. The molecule has 0 aliphatic heterocycles. The Bertz CT molecular complexity index is 18.9. The van der Waals surface area contributed by atoms with E-state index in [9.17, 15) is 0 Å². The van der Waals surface area contributed by atoms with Crippen LogP contribution < -0.4 is 0 Å². The van der Waals surface area contributed by atoms with Crippen LogP contribution in [0.25, 0.3) is 0 Å². The Morgan fingerprint density at radius 1 is 1.80 bits per heavy atom. The van der Waals surface area contributed by atoms with Gasteiger partial charge < -0.3 is 0 Å². The molecule has 0 radical (unpaired) electrons. The van der Waals surface area contributed by atoms with Crippen molar-refractivity contribution in [2.24, 2.45) is 0 Å². The topological polar surface area (TPSA) is 0 Å². The molecule has 0 amide bonds. The third-order valence-electron chi connectivity index (χ3n) is 0.816. The summed E-state index contributed by atoms with van der Waals surface area (Å²) in [6.07, 6.45) is 1.31. The van der Waals surface area contributed by atoms with E-state index in [1.54, 1.807) is 0 Å². The van der Waals surface area contributed by atoms with Gasteiger partial charge in [-0.1, -0.05) is 19.1 Å². The lowest BCUT2D eigenvalue weighted by molar-refractivity contribution is 1.07. The van der Waals surface area contributed by atoms with Crippen molar-refractivity contribution in [2.75, 3.05) is 0 Å². The monoisotopic (exact) mass is 68.1 g/mol. The van der Waals surface area contributed by atoms with Crippen molar-refractivity contribution in [3.05, 3.63) is 0 Å². The van der Waals surface area contributed by atoms with Gasteiger partial charge in [-0.3, -0.25) is 0 Å². The second-order valence-electron chi connectivity index (χ2n) is 1.80. The molecule has 0 fully saturated rings. The highest BCUT2D eigenvalue weighted by Gasteiger charge is 1.81. The van der Waals surface area contributed by atoms with Crippen LogP contribution in [-0.4, -0.2) is 15.7 Å². The maximum absolute atomic E-state index is 2.22. The highest BCUT2D eigenvalue weighted by atomic mass is 13.7. The van der Waals surface area contributed by atoms with Crippen LogP contribution in [0, 0.1) is 0 Å². The van der Waals surface area contributed by atoms with Gasteiger partial charge in [0.2, 0.25) is 0 Å². The quantitative estimate of drug-likeness (QED) is 0.362. The van der Waals surface area contributed by atoms with Crippen LogP contribution in [0.4, 0.5) is 0 Å². The van der Waals surface area contributed by atoms with Crippen molar-refractivity contribution in [3.8, 4) is 0 Å². The van der Waals surface area contributed by atoms with E-state index in [0.29, 0.717) is 0 Å². The molecule has 1 unspecified atom stereocenters. The summed E-state index contributed by atoms with van der Waals surface area (Å²) in [5.41, 5.74) is 0. The highest BCUT2D eigenvalue weighted by molar-refractivity contribution is 6.18. The molecule has 0 aromatic rings. The SMILES string of the molecule is BCC(B)C. The number of hydrogen-bond acceptors (Lipinski definition) is 0. The Morgan fingerprint density at radius 3 is 2.00 bits per heavy atom. The van der Waals surface area contributed by atoms with Gasteiger partial charge in [-0.05, 0) is 0 Å². The zero-order valence-corrected chi connectivity index (χ0v) is 4.28. The maximum atomic E-state index is 2.22. The molecule has 0 bridgehead atoms. The van der Waals surface area contributed by atoms with Crippen LogP contribution in [0.15, 0.2) is 0 Å². The van der Waals surface area contributed by atoms with E-state index >= 15 is 0 Å². The van der Waals surface area contributed by atoms with Gasteiger partial charge in [0, 0.05) is 0 Å². The Balaban J connectivity index is 2.54. The van der Waals surface area contributed by atoms with Gasteiger partial charge in [-0.25, -0.2) is 0 Å². The van der Waals surface area contributed by atoms with Crippen molar-refractivity contribution in [2.45, 2.75) is 19.1 Å². The molecule has 2 heteroatoms. The van der Waals surface area contributed by atoms with Gasteiger partial charge in [-0.15, -0.1) is 0 Å². The summed E-state index contributed by atoms with van der Waals surface area (Å²) >= 11 is 0. The van der Waals surface area contributed by atoms with E-state index < -0.39 is 0 Å². The standard InChI is InChI=1S/C3H10B2/c1-3(5)2-4/h3H,2,4-5H2,1H3. The third kappa shape index (κ3) is 4.13. The normalized spacial score (nSPS) is 14.6. The lowest BCUT2D eigenvalue weighted by atomic mass is 9.79. The first kappa shape index (κ1) is 5.13. The minimum absolute atomic E-state index is 0.884. The fraction of sp³-hybridized carbons (Fsp3) is 1.00. The van der Waals surface area contributed by atoms with Crippen molar-refractivity contribution in [1.29, 1.82) is 0 Å². The smallest absolute Gasteiger partial charge is 0.0855 e. The molecular weight excluding hydrogens is 57.7 g/mol. The summed E-state index contributed by atoms with van der Waals surface area (Å²) in [5, 5.41) is 0. The molecule has 0 spiro atoms. The molecule has 5 heavy (non-hydrogen) atoms. The van der Waals surface area contributed by atoms with Gasteiger partial charge in [0.1, 0.15) is 15.7 Å². The van der Waals surface area contributed by atoms with E-state index in [4.69, 9.17) is 0 Å². The van der Waals surface area contributed by atoms with Gasteiger partial charge in [0.25, 0.3) is 0 Å². The molecule has 0 aliphatic carbocycles. The molecule has 0 saturated carbocycles. The Labute approximate surface area is 35.8 Å². The van der Waals surface area contributed by atoms with Crippen molar-refractivity contribution >= 4 is 15.7 Å². The van der Waals surface area contributed by atoms with E-state index in [-0.39, 0.29) is 0 Å². The second kappa shape index (κ2) is 2.37. The molecule has 1 atom stereocenters. The molecule has 0 rings (SSSR count). The van der Waals surface area contributed by atoms with E-state index in [2.05, 4.69) is 22.6 Å². The van der Waals surface area contributed by atoms with Crippen LogP contribution in [0.2, 0.25) is 12.1 Å². The van der Waals surface area contributed by atoms with E-state index in [0.717, 1.165) is 5.82 Å². The second-order valence-corrected chi connectivity index (χ2v) is 1.80. The van der Waals surface area contributed by atoms with Crippen molar-refractivity contribution < 1.29 is 0 Å². The lowest BCUT2D eigenvalue weighted by Gasteiger charge is -1.89. The predicted molar refractivity (Wildman–Crippen MR) is 31.3 cm³/mol. The summed E-state index contributed by atoms with van der Waals surface area (Å²) in [5.74, 6) is 0.884. The van der Waals surface area contributed by atoms with Gasteiger partial charge in [0.05, 0.1) is 0 Å². The molecule has 0 aliphatic rings. The van der Waals surface area contributed by atoms with Crippen LogP contribution in [0.5, 0.6) is 0 Å². The first-order chi connectivity index (χ1) is 2.27. The minimum atomic E-state index is 0.884. The van der Waals surface area contributed by atoms with Crippen LogP contribution >= 0.6 is 0 Å². The predicted octanol–water partition coefficient (Wildman–Crippen LogP) is -0.521. The fourth-order valence-corrected chi connectivity index (χ4v) is 0. The molecule has 0 heterocycles. The highest BCUT2D eigenvalue weighted by Crippen LogP contribution is 1.96. The summed E-state index contributed by atoms with van der Waals surface area (Å²) < 4.78 is 0. The van der Waals surface area contributed by atoms with Crippen molar-refractivity contribution in [1.82, 2.24) is 0 Å². The maximum Gasteiger partial charge on any atom is 0.104 e. The fourth-order valence-electron chi connectivity index (χ4n) is 0. The molecule has 28 valence electrons. The first-order valence-electron chi connectivity index (χ1n) is 2.27. The number of rotatable bonds is 1. The van der Waals surface area contributed by atoms with Crippen LogP contribution in [0.1, 0.15) is 6.92 Å². The summed E-state index contributed by atoms with van der Waals surface area (Å²) in [7, 11) is 4.42. The Kier molecular flexibility index (Phi) is 2.43. The number of hydrogen-bond donors (Lipinski definition) is 0. The van der Waals surface area contributed by atoms with Crippen LogP contribution in [-0.2, 0) is 0 Å². The molecule has 0 aromatic carbocycles. The molecule has 0 nitrogen and oxygen atoms in total. The first-order valence-corrected chi connectivity index (χ1v) is 2.27. The lowest BCUT2D eigenvalue weighted by Crippen LogP contribution is -1.79. The summed E-state index contributed by atoms with van der Waals surface area (Å²) in [4.78, 5) is 0. The largest absolute Gasteiger partial charge is 0.104 e. The van der Waals surface area contributed by atoms with Gasteiger partial charge in [0.15, 0.2) is 0 Å².